The summed E-state index contributed by atoms with van der Waals surface area (Å²) in [5.74, 6) is -2.94. The van der Waals surface area contributed by atoms with Gasteiger partial charge in [-0.3, -0.25) is 0 Å². The van der Waals surface area contributed by atoms with Gasteiger partial charge in [-0.2, -0.15) is 0 Å². The van der Waals surface area contributed by atoms with E-state index in [-0.39, 0.29) is 16.9 Å². The molecule has 0 aliphatic heterocycles. The Labute approximate surface area is 239 Å². The minimum atomic E-state index is -1.18. The fourth-order valence-electron chi connectivity index (χ4n) is 4.52. The topological polar surface area (TPSA) is 145 Å². The van der Waals surface area contributed by atoms with Crippen molar-refractivity contribution in [1.29, 1.82) is 0 Å². The molecule has 7 rings (SSSR count). The Morgan fingerprint density at radius 2 is 1.14 bits per heavy atom. The summed E-state index contributed by atoms with van der Waals surface area (Å²) in [6.45, 7) is 0. The summed E-state index contributed by atoms with van der Waals surface area (Å²) in [5.41, 5.74) is 1.89. The fourth-order valence-corrected chi connectivity index (χ4v) is 4.52. The first-order valence-electron chi connectivity index (χ1n) is 12.8. The first kappa shape index (κ1) is 27.5. The van der Waals surface area contributed by atoms with Crippen LogP contribution in [0, 0.1) is 0 Å². The van der Waals surface area contributed by atoms with E-state index in [1.54, 1.807) is 24.3 Å². The minimum absolute atomic E-state index is 0.0660. The second-order valence-electron chi connectivity index (χ2n) is 9.30. The van der Waals surface area contributed by atoms with Gasteiger partial charge < -0.3 is 20.4 Å². The first-order chi connectivity index (χ1) is 20.3. The van der Waals surface area contributed by atoms with Crippen molar-refractivity contribution in [3.63, 3.8) is 0 Å². The lowest BCUT2D eigenvalue weighted by molar-refractivity contribution is -0.343. The van der Waals surface area contributed by atoms with E-state index in [1.807, 2.05) is 48.8 Å². The zero-order valence-corrected chi connectivity index (χ0v) is 22.1. The molecule has 0 spiro atoms. The number of phenols is 1. The zero-order chi connectivity index (χ0) is 29.6. The number of H-pyrrole nitrogens is 1. The molecule has 2 aromatic heterocycles. The SMILES string of the molecule is O=C(O)c1cc2ccccc2cc1O.O=C(O)c1cc2ccccc2cc1[O-].c1cnc2c(c1)ccc1ccc[nH+]c12. The van der Waals surface area contributed by atoms with Gasteiger partial charge in [0.15, 0.2) is 6.20 Å². The van der Waals surface area contributed by atoms with E-state index in [0.717, 1.165) is 32.6 Å². The molecular formula is C34H24N2O6. The highest BCUT2D eigenvalue weighted by atomic mass is 16.4. The first-order valence-corrected chi connectivity index (χ1v) is 12.8. The molecule has 8 nitrogen and oxygen atoms in total. The summed E-state index contributed by atoms with van der Waals surface area (Å²) in [6.07, 6.45) is 3.75. The number of aromatic amines is 1. The van der Waals surface area contributed by atoms with Crippen LogP contribution < -0.4 is 10.1 Å². The van der Waals surface area contributed by atoms with E-state index in [0.29, 0.717) is 0 Å². The Morgan fingerprint density at radius 1 is 0.619 bits per heavy atom. The van der Waals surface area contributed by atoms with Crippen molar-refractivity contribution in [2.24, 2.45) is 0 Å². The van der Waals surface area contributed by atoms with Crippen LogP contribution in [0.1, 0.15) is 20.7 Å². The van der Waals surface area contributed by atoms with E-state index in [1.165, 1.54) is 35.0 Å². The maximum atomic E-state index is 11.3. The summed E-state index contributed by atoms with van der Waals surface area (Å²) in [6, 6.07) is 32.4. The Hall–Kier alpha value is -6.02. The van der Waals surface area contributed by atoms with Crippen LogP contribution in [0.4, 0.5) is 0 Å². The summed E-state index contributed by atoms with van der Waals surface area (Å²) in [5, 5.41) is 43.7. The van der Waals surface area contributed by atoms with E-state index in [4.69, 9.17) is 10.2 Å². The van der Waals surface area contributed by atoms with E-state index in [2.05, 4.69) is 34.2 Å². The van der Waals surface area contributed by atoms with Crippen molar-refractivity contribution in [1.82, 2.24) is 4.98 Å². The maximum Gasteiger partial charge on any atom is 0.339 e. The molecule has 206 valence electrons. The van der Waals surface area contributed by atoms with E-state index in [9.17, 15) is 19.8 Å². The molecule has 0 atom stereocenters. The number of carboxylic acid groups (broad SMARTS) is 2. The highest BCUT2D eigenvalue weighted by Gasteiger charge is 2.10. The van der Waals surface area contributed by atoms with Gasteiger partial charge in [0, 0.05) is 23.0 Å². The van der Waals surface area contributed by atoms with Crippen molar-refractivity contribution in [3.8, 4) is 11.5 Å². The molecule has 8 heteroatoms. The number of hydrogen-bond donors (Lipinski definition) is 3. The number of aromatic carboxylic acids is 2. The highest BCUT2D eigenvalue weighted by Crippen LogP contribution is 2.25. The number of carbonyl (C=O) groups is 2. The molecule has 4 N–H and O–H groups in total. The Morgan fingerprint density at radius 3 is 1.79 bits per heavy atom. The zero-order valence-electron chi connectivity index (χ0n) is 22.1. The van der Waals surface area contributed by atoms with Gasteiger partial charge >= 0.3 is 11.9 Å². The van der Waals surface area contributed by atoms with Gasteiger partial charge in [-0.1, -0.05) is 72.5 Å². The molecule has 0 fully saturated rings. The number of aromatic nitrogens is 2. The summed E-state index contributed by atoms with van der Waals surface area (Å²) < 4.78 is 0. The third-order valence-electron chi connectivity index (χ3n) is 6.58. The summed E-state index contributed by atoms with van der Waals surface area (Å²) in [7, 11) is 0. The lowest BCUT2D eigenvalue weighted by Crippen LogP contribution is -2.03. The van der Waals surface area contributed by atoms with Crippen LogP contribution >= 0.6 is 0 Å². The molecule has 0 saturated heterocycles. The molecule has 0 saturated carbocycles. The lowest BCUT2D eigenvalue weighted by Gasteiger charge is -2.11. The predicted octanol–water partition coefficient (Wildman–Crippen LogP) is 6.06. The van der Waals surface area contributed by atoms with Gasteiger partial charge in [-0.25, -0.2) is 19.6 Å². The fraction of sp³-hybridized carbons (Fsp3) is 0. The van der Waals surface area contributed by atoms with E-state index >= 15 is 0 Å². The molecule has 5 aromatic carbocycles. The van der Waals surface area contributed by atoms with Crippen molar-refractivity contribution >= 4 is 55.3 Å². The van der Waals surface area contributed by atoms with Crippen LogP contribution in [0.3, 0.4) is 0 Å². The molecule has 0 radical (unpaired) electrons. The number of nitrogens with zero attached hydrogens (tertiary/aromatic N) is 1. The number of nitrogens with one attached hydrogen (secondary N) is 1. The number of carboxylic acids is 2. The molecule has 7 aromatic rings. The largest absolute Gasteiger partial charge is 0.872 e. The van der Waals surface area contributed by atoms with Crippen LogP contribution in [0.15, 0.2) is 122 Å². The minimum Gasteiger partial charge on any atom is -0.872 e. The van der Waals surface area contributed by atoms with Crippen LogP contribution in [0.25, 0.3) is 43.4 Å². The Balaban J connectivity index is 0.000000126. The predicted molar refractivity (Wildman–Crippen MR) is 159 cm³/mol. The van der Waals surface area contributed by atoms with Gasteiger partial charge in [0.2, 0.25) is 5.52 Å². The molecular weight excluding hydrogens is 532 g/mol. The molecule has 0 unspecified atom stereocenters. The number of fused-ring (bicyclic) bond motifs is 5. The third-order valence-corrected chi connectivity index (χ3v) is 6.58. The molecule has 0 bridgehead atoms. The number of benzene rings is 5. The molecule has 2 heterocycles. The average Bonchev–Trinajstić information content (AvgIpc) is 3.00. The number of pyridine rings is 2. The van der Waals surface area contributed by atoms with Gasteiger partial charge in [0.05, 0.1) is 5.56 Å². The third kappa shape index (κ3) is 5.93. The van der Waals surface area contributed by atoms with Gasteiger partial charge in [0.25, 0.3) is 0 Å². The van der Waals surface area contributed by atoms with Crippen molar-refractivity contribution in [2.75, 3.05) is 0 Å². The van der Waals surface area contributed by atoms with Crippen molar-refractivity contribution in [3.05, 3.63) is 133 Å². The van der Waals surface area contributed by atoms with Crippen LogP contribution in [-0.2, 0) is 0 Å². The van der Waals surface area contributed by atoms with Gasteiger partial charge in [-0.05, 0) is 57.9 Å². The van der Waals surface area contributed by atoms with Crippen LogP contribution in [-0.4, -0.2) is 32.2 Å². The van der Waals surface area contributed by atoms with Crippen molar-refractivity contribution < 1.29 is 35.0 Å². The second kappa shape index (κ2) is 12.0. The number of aromatic hydroxyl groups is 1. The Kier molecular flexibility index (Phi) is 7.88. The maximum absolute atomic E-state index is 11.3. The number of hydrogen-bond acceptors (Lipinski definition) is 5. The summed E-state index contributed by atoms with van der Waals surface area (Å²) in [4.78, 5) is 29.0. The smallest absolute Gasteiger partial charge is 0.339 e. The van der Waals surface area contributed by atoms with Crippen LogP contribution in [0.5, 0.6) is 11.5 Å². The normalized spacial score (nSPS) is 10.5. The second-order valence-corrected chi connectivity index (χ2v) is 9.30. The summed E-state index contributed by atoms with van der Waals surface area (Å²) >= 11 is 0. The molecule has 0 amide bonds. The standard InChI is InChI=1S/C12H8N2.2C11H8O3/c1-3-9-5-6-10-4-2-8-14-12(10)11(9)13-7-1;2*12-10-6-8-4-2-1-3-7(8)5-9(10)11(13)14/h1-8H;2*1-6,12H,(H,13,14). The Bertz CT molecular complexity index is 1940. The van der Waals surface area contributed by atoms with Crippen molar-refractivity contribution in [2.45, 2.75) is 0 Å². The highest BCUT2D eigenvalue weighted by molar-refractivity contribution is 6.00. The average molecular weight is 557 g/mol. The monoisotopic (exact) mass is 556 g/mol. The van der Waals surface area contributed by atoms with Gasteiger partial charge in [-0.15, -0.1) is 0 Å². The molecule has 0 aliphatic carbocycles. The lowest BCUT2D eigenvalue weighted by atomic mass is 10.1. The quantitative estimate of drug-likeness (QED) is 0.220. The number of rotatable bonds is 2. The van der Waals surface area contributed by atoms with Gasteiger partial charge in [0.1, 0.15) is 16.8 Å². The molecule has 0 aliphatic rings. The molecule has 42 heavy (non-hydrogen) atoms. The van der Waals surface area contributed by atoms with Crippen LogP contribution in [0.2, 0.25) is 0 Å². The van der Waals surface area contributed by atoms with E-state index < -0.39 is 17.7 Å².